The molecule has 1 fully saturated rings. The van der Waals surface area contributed by atoms with Crippen molar-refractivity contribution in [3.05, 3.63) is 35.7 Å². The van der Waals surface area contributed by atoms with Crippen LogP contribution in [0.4, 0.5) is 13.2 Å². The number of nitrogens with zero attached hydrogens (tertiary/aromatic N) is 2. The maximum absolute atomic E-state index is 12.5. The monoisotopic (exact) mass is 354 g/mol. The standard InChI is InChI=1S/C16H17F3N4O2/c17-16(18,19)15-22-13(23-25-15)11-1-3-12(4-2-11)14(24)21-8-6-10-5-7-20-9-10/h1-4,10,20H,5-9H2,(H,21,24)/t10-/m1/s1. The summed E-state index contributed by atoms with van der Waals surface area (Å²) >= 11 is 0. The molecule has 2 aromatic rings. The van der Waals surface area contributed by atoms with Crippen molar-refractivity contribution >= 4 is 5.91 Å². The van der Waals surface area contributed by atoms with Crippen molar-refractivity contribution in [1.29, 1.82) is 0 Å². The van der Waals surface area contributed by atoms with Crippen LogP contribution < -0.4 is 10.6 Å². The average molecular weight is 354 g/mol. The Morgan fingerprint density at radius 1 is 1.32 bits per heavy atom. The van der Waals surface area contributed by atoms with Crippen LogP contribution in [0.3, 0.4) is 0 Å². The molecule has 1 aromatic carbocycles. The van der Waals surface area contributed by atoms with E-state index in [0.29, 0.717) is 23.6 Å². The van der Waals surface area contributed by atoms with E-state index in [0.717, 1.165) is 25.9 Å². The van der Waals surface area contributed by atoms with Gasteiger partial charge in [-0.2, -0.15) is 18.2 Å². The molecule has 3 rings (SSSR count). The van der Waals surface area contributed by atoms with E-state index in [1.807, 2.05) is 0 Å². The Labute approximate surface area is 141 Å². The number of rotatable bonds is 5. The van der Waals surface area contributed by atoms with Gasteiger partial charge in [0.25, 0.3) is 5.91 Å². The fourth-order valence-corrected chi connectivity index (χ4v) is 2.68. The molecule has 0 saturated carbocycles. The number of carbonyl (C=O) groups excluding carboxylic acids is 1. The highest BCUT2D eigenvalue weighted by Crippen LogP contribution is 2.29. The lowest BCUT2D eigenvalue weighted by molar-refractivity contribution is -0.159. The first-order chi connectivity index (χ1) is 11.9. The van der Waals surface area contributed by atoms with Gasteiger partial charge in [0, 0.05) is 17.7 Å². The minimum Gasteiger partial charge on any atom is -0.352 e. The lowest BCUT2D eigenvalue weighted by Crippen LogP contribution is -2.26. The van der Waals surface area contributed by atoms with Crippen LogP contribution in [0.15, 0.2) is 28.8 Å². The normalized spacial score (nSPS) is 17.6. The van der Waals surface area contributed by atoms with Gasteiger partial charge in [-0.1, -0.05) is 17.3 Å². The summed E-state index contributed by atoms with van der Waals surface area (Å²) in [6.45, 7) is 2.59. The fraction of sp³-hybridized carbons (Fsp3) is 0.438. The van der Waals surface area contributed by atoms with Crippen molar-refractivity contribution in [1.82, 2.24) is 20.8 Å². The highest BCUT2D eigenvalue weighted by Gasteiger charge is 2.38. The molecule has 0 unspecified atom stereocenters. The maximum Gasteiger partial charge on any atom is 0.471 e. The Morgan fingerprint density at radius 3 is 2.68 bits per heavy atom. The molecule has 1 aromatic heterocycles. The maximum atomic E-state index is 12.5. The Balaban J connectivity index is 1.57. The van der Waals surface area contributed by atoms with Crippen molar-refractivity contribution in [2.24, 2.45) is 5.92 Å². The predicted molar refractivity (Wildman–Crippen MR) is 82.7 cm³/mol. The van der Waals surface area contributed by atoms with E-state index in [9.17, 15) is 18.0 Å². The number of halogens is 3. The topological polar surface area (TPSA) is 80.0 Å². The third-order valence-corrected chi connectivity index (χ3v) is 4.07. The van der Waals surface area contributed by atoms with Crippen LogP contribution in [-0.2, 0) is 6.18 Å². The van der Waals surface area contributed by atoms with Crippen molar-refractivity contribution < 1.29 is 22.5 Å². The fourth-order valence-electron chi connectivity index (χ4n) is 2.68. The third-order valence-electron chi connectivity index (χ3n) is 4.07. The highest BCUT2D eigenvalue weighted by molar-refractivity contribution is 5.94. The first kappa shape index (κ1) is 17.4. The molecule has 2 heterocycles. The summed E-state index contributed by atoms with van der Waals surface area (Å²) in [5.41, 5.74) is 0.765. The Hall–Kier alpha value is -2.42. The number of benzene rings is 1. The molecule has 1 saturated heterocycles. The molecular weight excluding hydrogens is 337 g/mol. The van der Waals surface area contributed by atoms with Crippen molar-refractivity contribution in [2.75, 3.05) is 19.6 Å². The van der Waals surface area contributed by atoms with Gasteiger partial charge in [0.05, 0.1) is 0 Å². The van der Waals surface area contributed by atoms with Crippen LogP contribution in [0.25, 0.3) is 11.4 Å². The predicted octanol–water partition coefficient (Wildman–Crippen LogP) is 2.48. The van der Waals surface area contributed by atoms with Gasteiger partial charge >= 0.3 is 12.1 Å². The minimum absolute atomic E-state index is 0.173. The minimum atomic E-state index is -4.68. The van der Waals surface area contributed by atoms with E-state index < -0.39 is 12.1 Å². The van der Waals surface area contributed by atoms with E-state index in [1.54, 1.807) is 0 Å². The molecule has 0 bridgehead atoms. The van der Waals surface area contributed by atoms with Crippen LogP contribution in [0.1, 0.15) is 29.1 Å². The van der Waals surface area contributed by atoms with Crippen LogP contribution in [0, 0.1) is 5.92 Å². The van der Waals surface area contributed by atoms with Crippen LogP contribution in [-0.4, -0.2) is 35.7 Å². The highest BCUT2D eigenvalue weighted by atomic mass is 19.4. The second-order valence-electron chi connectivity index (χ2n) is 5.90. The van der Waals surface area contributed by atoms with Gasteiger partial charge in [-0.05, 0) is 44.0 Å². The van der Waals surface area contributed by atoms with Crippen molar-refractivity contribution in [2.45, 2.75) is 19.0 Å². The SMILES string of the molecule is O=C(NCC[C@H]1CCNC1)c1ccc(-c2noc(C(F)(F)F)n2)cc1. The van der Waals surface area contributed by atoms with Gasteiger partial charge in [0.2, 0.25) is 5.82 Å². The van der Waals surface area contributed by atoms with Crippen LogP contribution in [0.5, 0.6) is 0 Å². The summed E-state index contributed by atoms with van der Waals surface area (Å²) in [7, 11) is 0. The van der Waals surface area contributed by atoms with Gasteiger partial charge in [-0.25, -0.2) is 0 Å². The number of alkyl halides is 3. The molecule has 9 heteroatoms. The Kier molecular flexibility index (Phi) is 5.03. The quantitative estimate of drug-likeness (QED) is 0.862. The summed E-state index contributed by atoms with van der Waals surface area (Å²) in [5, 5.41) is 9.42. The van der Waals surface area contributed by atoms with Gasteiger partial charge in [0.15, 0.2) is 0 Å². The molecule has 0 spiro atoms. The Bertz CT molecular complexity index is 722. The zero-order valence-electron chi connectivity index (χ0n) is 13.3. The van der Waals surface area contributed by atoms with E-state index in [4.69, 9.17) is 0 Å². The summed E-state index contributed by atoms with van der Waals surface area (Å²) in [4.78, 5) is 15.4. The molecule has 134 valence electrons. The molecule has 0 aliphatic carbocycles. The first-order valence-electron chi connectivity index (χ1n) is 7.94. The molecular formula is C16H17F3N4O2. The van der Waals surface area contributed by atoms with E-state index >= 15 is 0 Å². The summed E-state index contributed by atoms with van der Waals surface area (Å²) in [6, 6.07) is 6.01. The number of hydrogen-bond acceptors (Lipinski definition) is 5. The summed E-state index contributed by atoms with van der Waals surface area (Å²) in [6.07, 6.45) is -2.64. The average Bonchev–Trinajstić information content (AvgIpc) is 3.26. The summed E-state index contributed by atoms with van der Waals surface area (Å²) in [5.74, 6) is -1.20. The van der Waals surface area contributed by atoms with Gasteiger partial charge in [-0.15, -0.1) is 0 Å². The second kappa shape index (κ2) is 7.22. The largest absolute Gasteiger partial charge is 0.471 e. The molecule has 2 N–H and O–H groups in total. The first-order valence-corrected chi connectivity index (χ1v) is 7.94. The number of aromatic nitrogens is 2. The third kappa shape index (κ3) is 4.36. The summed E-state index contributed by atoms with van der Waals surface area (Å²) < 4.78 is 41.6. The molecule has 1 amide bonds. The molecule has 1 aliphatic heterocycles. The van der Waals surface area contributed by atoms with Crippen LogP contribution in [0.2, 0.25) is 0 Å². The molecule has 1 atom stereocenters. The van der Waals surface area contributed by atoms with E-state index in [-0.39, 0.29) is 11.7 Å². The van der Waals surface area contributed by atoms with Crippen molar-refractivity contribution in [3.8, 4) is 11.4 Å². The molecule has 1 aliphatic rings. The zero-order chi connectivity index (χ0) is 17.9. The zero-order valence-corrected chi connectivity index (χ0v) is 13.3. The van der Waals surface area contributed by atoms with Gasteiger partial charge in [-0.3, -0.25) is 4.79 Å². The number of nitrogens with one attached hydrogen (secondary N) is 2. The van der Waals surface area contributed by atoms with Crippen LogP contribution >= 0.6 is 0 Å². The second-order valence-corrected chi connectivity index (χ2v) is 5.90. The lowest BCUT2D eigenvalue weighted by Gasteiger charge is -2.09. The van der Waals surface area contributed by atoms with E-state index in [2.05, 4.69) is 25.3 Å². The molecule has 0 radical (unpaired) electrons. The van der Waals surface area contributed by atoms with Gasteiger partial charge < -0.3 is 15.2 Å². The van der Waals surface area contributed by atoms with Crippen molar-refractivity contribution in [3.63, 3.8) is 0 Å². The number of carbonyl (C=O) groups is 1. The van der Waals surface area contributed by atoms with Gasteiger partial charge in [0.1, 0.15) is 0 Å². The number of hydrogen-bond donors (Lipinski definition) is 2. The molecule has 6 nitrogen and oxygen atoms in total. The number of amides is 1. The van der Waals surface area contributed by atoms with E-state index in [1.165, 1.54) is 24.3 Å². The lowest BCUT2D eigenvalue weighted by atomic mass is 10.1. The smallest absolute Gasteiger partial charge is 0.352 e. The molecule has 25 heavy (non-hydrogen) atoms. The Morgan fingerprint density at radius 2 is 2.08 bits per heavy atom.